The number of hydrogen-bond acceptors (Lipinski definition) is 4. The molecule has 12 heavy (non-hydrogen) atoms. The van der Waals surface area contributed by atoms with E-state index in [-0.39, 0.29) is 13.2 Å². The molecule has 0 N–H and O–H groups in total. The van der Waals surface area contributed by atoms with Crippen LogP contribution in [-0.2, 0) is 19.1 Å². The maximum Gasteiger partial charge on any atom is 0.320 e. The molecule has 0 unspecified atom stereocenters. The molecule has 0 heterocycles. The van der Waals surface area contributed by atoms with Crippen molar-refractivity contribution in [1.29, 1.82) is 0 Å². The minimum absolute atomic E-state index is 0.240. The molecule has 0 saturated heterocycles. The minimum Gasteiger partial charge on any atom is -0.465 e. The predicted molar refractivity (Wildman–Crippen MR) is 42.1 cm³/mol. The van der Waals surface area contributed by atoms with Crippen LogP contribution in [0, 0.1) is 12.8 Å². The largest absolute Gasteiger partial charge is 0.465 e. The van der Waals surface area contributed by atoms with Crippen LogP contribution in [0.15, 0.2) is 0 Å². The van der Waals surface area contributed by atoms with Crippen molar-refractivity contribution in [2.45, 2.75) is 13.8 Å². The highest BCUT2D eigenvalue weighted by molar-refractivity contribution is 5.95. The van der Waals surface area contributed by atoms with Crippen molar-refractivity contribution in [3.8, 4) is 0 Å². The second-order valence-electron chi connectivity index (χ2n) is 2.06. The van der Waals surface area contributed by atoms with E-state index in [1.54, 1.807) is 13.8 Å². The molecule has 0 aliphatic carbocycles. The van der Waals surface area contributed by atoms with Gasteiger partial charge in [0.15, 0.2) is 5.92 Å². The molecule has 0 aliphatic heterocycles. The average molecular weight is 173 g/mol. The maximum atomic E-state index is 10.9. The van der Waals surface area contributed by atoms with Crippen LogP contribution in [0.2, 0.25) is 0 Å². The van der Waals surface area contributed by atoms with Gasteiger partial charge in [-0.3, -0.25) is 9.59 Å². The molecule has 0 aliphatic rings. The van der Waals surface area contributed by atoms with Gasteiger partial charge < -0.3 is 9.47 Å². The third-order valence-electron chi connectivity index (χ3n) is 1.14. The fourth-order valence-corrected chi connectivity index (χ4v) is 0.582. The summed E-state index contributed by atoms with van der Waals surface area (Å²) in [5.41, 5.74) is 0. The van der Waals surface area contributed by atoms with E-state index in [9.17, 15) is 9.59 Å². The molecule has 0 spiro atoms. The lowest BCUT2D eigenvalue weighted by molar-refractivity contribution is -0.159. The summed E-state index contributed by atoms with van der Waals surface area (Å²) < 4.78 is 9.14. The van der Waals surface area contributed by atoms with Crippen LogP contribution < -0.4 is 0 Å². The van der Waals surface area contributed by atoms with Gasteiger partial charge in [0.1, 0.15) is 0 Å². The Labute approximate surface area is 71.8 Å². The fraction of sp³-hybridized carbons (Fsp3) is 0.625. The van der Waals surface area contributed by atoms with Crippen molar-refractivity contribution >= 4 is 11.9 Å². The summed E-state index contributed by atoms with van der Waals surface area (Å²) in [7, 11) is 0. The molecule has 0 amide bonds. The zero-order valence-corrected chi connectivity index (χ0v) is 7.33. The van der Waals surface area contributed by atoms with Crippen molar-refractivity contribution in [3.05, 3.63) is 6.92 Å². The van der Waals surface area contributed by atoms with Crippen molar-refractivity contribution in [1.82, 2.24) is 0 Å². The first-order valence-electron chi connectivity index (χ1n) is 3.79. The third kappa shape index (κ3) is 3.37. The second kappa shape index (κ2) is 5.57. The van der Waals surface area contributed by atoms with Crippen LogP contribution in [0.5, 0.6) is 0 Å². The molecule has 0 atom stereocenters. The summed E-state index contributed by atoms with van der Waals surface area (Å²) >= 11 is 0. The van der Waals surface area contributed by atoms with Crippen molar-refractivity contribution in [3.63, 3.8) is 0 Å². The van der Waals surface area contributed by atoms with Gasteiger partial charge in [-0.2, -0.15) is 0 Å². The number of rotatable bonds is 4. The summed E-state index contributed by atoms with van der Waals surface area (Å²) in [6.45, 7) is 7.13. The third-order valence-corrected chi connectivity index (χ3v) is 1.14. The summed E-state index contributed by atoms with van der Waals surface area (Å²) in [6.07, 6.45) is 0. The molecule has 1 radical (unpaired) electrons. The van der Waals surface area contributed by atoms with Crippen molar-refractivity contribution in [2.75, 3.05) is 13.2 Å². The Morgan fingerprint density at radius 1 is 1.17 bits per heavy atom. The van der Waals surface area contributed by atoms with Gasteiger partial charge in [0.2, 0.25) is 0 Å². The first-order valence-corrected chi connectivity index (χ1v) is 3.79. The second-order valence-corrected chi connectivity index (χ2v) is 2.06. The monoisotopic (exact) mass is 173 g/mol. The fourth-order valence-electron chi connectivity index (χ4n) is 0.582. The standard InChI is InChI=1S/C8H13O4/c1-4-11-7(9)6(3)8(10)12-5-2/h6H,3-5H2,1-2H3. The zero-order valence-electron chi connectivity index (χ0n) is 7.33. The van der Waals surface area contributed by atoms with Crippen LogP contribution in [0.25, 0.3) is 0 Å². The van der Waals surface area contributed by atoms with E-state index in [2.05, 4.69) is 16.4 Å². The smallest absolute Gasteiger partial charge is 0.320 e. The molecule has 0 bridgehead atoms. The van der Waals surface area contributed by atoms with Gasteiger partial charge in [-0.1, -0.05) is 0 Å². The van der Waals surface area contributed by atoms with E-state index < -0.39 is 17.9 Å². The lowest BCUT2D eigenvalue weighted by Crippen LogP contribution is -2.25. The van der Waals surface area contributed by atoms with E-state index in [0.29, 0.717) is 0 Å². The lowest BCUT2D eigenvalue weighted by atomic mass is 10.2. The average Bonchev–Trinajstić information content (AvgIpc) is 2.04. The van der Waals surface area contributed by atoms with Gasteiger partial charge in [0.25, 0.3) is 0 Å². The van der Waals surface area contributed by atoms with Crippen molar-refractivity contribution < 1.29 is 19.1 Å². The highest BCUT2D eigenvalue weighted by Crippen LogP contribution is 2.00. The van der Waals surface area contributed by atoms with Crippen LogP contribution >= 0.6 is 0 Å². The maximum absolute atomic E-state index is 10.9. The van der Waals surface area contributed by atoms with Gasteiger partial charge >= 0.3 is 11.9 Å². The van der Waals surface area contributed by atoms with Crippen molar-refractivity contribution in [2.24, 2.45) is 5.92 Å². The highest BCUT2D eigenvalue weighted by atomic mass is 16.6. The molecule has 0 aromatic rings. The molecule has 0 rings (SSSR count). The number of hydrogen-bond donors (Lipinski definition) is 0. The predicted octanol–water partition coefficient (Wildman–Crippen LogP) is 0.563. The summed E-state index contributed by atoms with van der Waals surface area (Å²) in [5.74, 6) is -2.35. The van der Waals surface area contributed by atoms with E-state index in [1.807, 2.05) is 0 Å². The lowest BCUT2D eigenvalue weighted by Gasteiger charge is -2.08. The molecule has 0 fully saturated rings. The zero-order chi connectivity index (χ0) is 9.56. The number of carbonyl (C=O) groups excluding carboxylic acids is 2. The van der Waals surface area contributed by atoms with Gasteiger partial charge in [-0.25, -0.2) is 0 Å². The van der Waals surface area contributed by atoms with E-state index in [0.717, 1.165) is 0 Å². The minimum atomic E-state index is -1.06. The van der Waals surface area contributed by atoms with E-state index >= 15 is 0 Å². The Balaban J connectivity index is 3.91. The van der Waals surface area contributed by atoms with Gasteiger partial charge in [-0.05, 0) is 20.8 Å². The number of ether oxygens (including phenoxy) is 2. The quantitative estimate of drug-likeness (QED) is 0.460. The molecular weight excluding hydrogens is 160 g/mol. The molecule has 0 saturated carbocycles. The first-order chi connectivity index (χ1) is 5.63. The van der Waals surface area contributed by atoms with Crippen LogP contribution in [0.1, 0.15) is 13.8 Å². The van der Waals surface area contributed by atoms with Gasteiger partial charge in [-0.15, -0.1) is 0 Å². The van der Waals surface area contributed by atoms with E-state index in [1.165, 1.54) is 0 Å². The molecule has 0 aromatic carbocycles. The molecule has 0 aromatic heterocycles. The molecule has 4 nitrogen and oxygen atoms in total. The van der Waals surface area contributed by atoms with Crippen LogP contribution in [-0.4, -0.2) is 25.2 Å². The molecule has 69 valence electrons. The summed E-state index contributed by atoms with van der Waals surface area (Å²) in [6, 6.07) is 0. The Hall–Kier alpha value is -1.06. The number of carbonyl (C=O) groups is 2. The highest BCUT2D eigenvalue weighted by Gasteiger charge is 2.23. The first kappa shape index (κ1) is 10.9. The summed E-state index contributed by atoms with van der Waals surface area (Å²) in [4.78, 5) is 21.7. The topological polar surface area (TPSA) is 52.6 Å². The van der Waals surface area contributed by atoms with Crippen LogP contribution in [0.3, 0.4) is 0 Å². The number of esters is 2. The Morgan fingerprint density at radius 3 is 1.75 bits per heavy atom. The Bertz CT molecular complexity index is 146. The Morgan fingerprint density at radius 2 is 1.50 bits per heavy atom. The summed E-state index contributed by atoms with van der Waals surface area (Å²) in [5, 5.41) is 0. The SMILES string of the molecule is [CH2]C(C(=O)OCC)C(=O)OCC. The molecule has 4 heteroatoms. The van der Waals surface area contributed by atoms with Gasteiger partial charge in [0, 0.05) is 0 Å². The van der Waals surface area contributed by atoms with Crippen LogP contribution in [0.4, 0.5) is 0 Å². The normalized spacial score (nSPS) is 9.67. The van der Waals surface area contributed by atoms with Gasteiger partial charge in [0.05, 0.1) is 13.2 Å². The molecular formula is C8H13O4. The van der Waals surface area contributed by atoms with E-state index in [4.69, 9.17) is 0 Å². The Kier molecular flexibility index (Phi) is 5.08.